The molecule has 2 heteroatoms. The summed E-state index contributed by atoms with van der Waals surface area (Å²) in [5.41, 5.74) is 2.21. The zero-order valence-electron chi connectivity index (χ0n) is 9.81. The second-order valence-corrected chi connectivity index (χ2v) is 4.35. The van der Waals surface area contributed by atoms with Crippen LogP contribution in [0.2, 0.25) is 0 Å². The van der Waals surface area contributed by atoms with Crippen LogP contribution in [0, 0.1) is 5.92 Å². The highest BCUT2D eigenvalue weighted by atomic mass is 16.4. The Balaban J connectivity index is 2.67. The van der Waals surface area contributed by atoms with Gasteiger partial charge in [0.2, 0.25) is 0 Å². The van der Waals surface area contributed by atoms with Crippen LogP contribution in [0.1, 0.15) is 31.4 Å². The van der Waals surface area contributed by atoms with Gasteiger partial charge in [0.25, 0.3) is 0 Å². The summed E-state index contributed by atoms with van der Waals surface area (Å²) in [4.78, 5) is 10.4. The van der Waals surface area contributed by atoms with Crippen molar-refractivity contribution in [1.29, 1.82) is 0 Å². The molecule has 0 aliphatic heterocycles. The van der Waals surface area contributed by atoms with E-state index < -0.39 is 5.97 Å². The van der Waals surface area contributed by atoms with Crippen molar-refractivity contribution < 1.29 is 9.90 Å². The lowest BCUT2D eigenvalue weighted by molar-refractivity contribution is -0.131. The minimum Gasteiger partial charge on any atom is -0.478 e. The lowest BCUT2D eigenvalue weighted by atomic mass is 10.0. The molecule has 16 heavy (non-hydrogen) atoms. The minimum atomic E-state index is -0.910. The van der Waals surface area contributed by atoms with Crippen molar-refractivity contribution in [3.8, 4) is 0 Å². The molecule has 86 valence electrons. The van der Waals surface area contributed by atoms with Gasteiger partial charge in [-0.15, -0.1) is 0 Å². The summed E-state index contributed by atoms with van der Waals surface area (Å²) in [5.74, 6) is -0.217. The fraction of sp³-hybridized carbons (Fsp3) is 0.357. The van der Waals surface area contributed by atoms with Crippen molar-refractivity contribution >= 4 is 12.0 Å². The molecule has 0 heterocycles. The Bertz CT molecular complexity index is 378. The number of carboxylic acid groups (broad SMARTS) is 1. The highest BCUT2D eigenvalue weighted by molar-refractivity contribution is 5.85. The second kappa shape index (κ2) is 6.11. The van der Waals surface area contributed by atoms with Crippen LogP contribution in [0.4, 0.5) is 0 Å². The lowest BCUT2D eigenvalue weighted by Crippen LogP contribution is -1.92. The first-order valence-electron chi connectivity index (χ1n) is 5.58. The van der Waals surface area contributed by atoms with Gasteiger partial charge in [0.1, 0.15) is 0 Å². The van der Waals surface area contributed by atoms with Crippen molar-refractivity contribution in [1.82, 2.24) is 0 Å². The minimum absolute atomic E-state index is 0.693. The van der Waals surface area contributed by atoms with E-state index in [0.717, 1.165) is 18.4 Å². The van der Waals surface area contributed by atoms with E-state index in [1.807, 2.05) is 18.2 Å². The second-order valence-electron chi connectivity index (χ2n) is 4.35. The predicted molar refractivity (Wildman–Crippen MR) is 66.3 cm³/mol. The van der Waals surface area contributed by atoms with Crippen LogP contribution in [-0.4, -0.2) is 11.1 Å². The standard InChI is InChI=1S/C14H18O2/c1-11(2)6-7-12-4-3-5-13(10-12)8-9-14(15)16/h3-5,8-11H,6-7H2,1-2H3,(H,15,16)/b9-8+. The van der Waals surface area contributed by atoms with Gasteiger partial charge in [-0.2, -0.15) is 0 Å². The largest absolute Gasteiger partial charge is 0.478 e. The molecule has 0 aliphatic carbocycles. The SMILES string of the molecule is CC(C)CCc1cccc(/C=C/C(=O)O)c1. The van der Waals surface area contributed by atoms with Crippen LogP contribution in [0.5, 0.6) is 0 Å². The third-order valence-corrected chi connectivity index (χ3v) is 2.38. The lowest BCUT2D eigenvalue weighted by Gasteiger charge is -2.05. The summed E-state index contributed by atoms with van der Waals surface area (Å²) >= 11 is 0. The van der Waals surface area contributed by atoms with Gasteiger partial charge in [-0.3, -0.25) is 0 Å². The summed E-state index contributed by atoms with van der Waals surface area (Å²) in [5, 5.41) is 8.53. The first kappa shape index (κ1) is 12.5. The number of hydrogen-bond donors (Lipinski definition) is 1. The summed E-state index contributed by atoms with van der Waals surface area (Å²) in [6.07, 6.45) is 5.00. The third-order valence-electron chi connectivity index (χ3n) is 2.38. The average molecular weight is 218 g/mol. The Morgan fingerprint density at radius 2 is 2.19 bits per heavy atom. The Labute approximate surface area is 96.6 Å². The van der Waals surface area contributed by atoms with E-state index >= 15 is 0 Å². The van der Waals surface area contributed by atoms with Crippen LogP contribution >= 0.6 is 0 Å². The van der Waals surface area contributed by atoms with Crippen LogP contribution in [0.3, 0.4) is 0 Å². The molecule has 0 unspecified atom stereocenters. The Morgan fingerprint density at radius 1 is 1.44 bits per heavy atom. The Morgan fingerprint density at radius 3 is 2.81 bits per heavy atom. The maximum atomic E-state index is 10.4. The van der Waals surface area contributed by atoms with Crippen LogP contribution in [0.15, 0.2) is 30.3 Å². The van der Waals surface area contributed by atoms with Gasteiger partial charge in [0, 0.05) is 6.08 Å². The summed E-state index contributed by atoms with van der Waals surface area (Å²) in [7, 11) is 0. The number of aliphatic carboxylic acids is 1. The first-order valence-corrected chi connectivity index (χ1v) is 5.58. The summed E-state index contributed by atoms with van der Waals surface area (Å²) in [6.45, 7) is 4.41. The number of rotatable bonds is 5. The smallest absolute Gasteiger partial charge is 0.328 e. The maximum absolute atomic E-state index is 10.4. The van der Waals surface area contributed by atoms with Crippen molar-refractivity contribution in [2.45, 2.75) is 26.7 Å². The number of benzene rings is 1. The van der Waals surface area contributed by atoms with Crippen molar-refractivity contribution in [2.24, 2.45) is 5.92 Å². The van der Waals surface area contributed by atoms with E-state index in [0.29, 0.717) is 5.92 Å². The molecule has 1 aromatic rings. The fourth-order valence-corrected chi connectivity index (χ4v) is 1.48. The van der Waals surface area contributed by atoms with Gasteiger partial charge in [-0.25, -0.2) is 4.79 Å². The molecule has 0 saturated heterocycles. The van der Waals surface area contributed by atoms with E-state index in [1.54, 1.807) is 6.08 Å². The number of carboxylic acids is 1. The van der Waals surface area contributed by atoms with Gasteiger partial charge >= 0.3 is 5.97 Å². The van der Waals surface area contributed by atoms with Gasteiger partial charge in [-0.05, 0) is 36.0 Å². The van der Waals surface area contributed by atoms with Crippen LogP contribution < -0.4 is 0 Å². The van der Waals surface area contributed by atoms with Gasteiger partial charge < -0.3 is 5.11 Å². The number of aryl methyl sites for hydroxylation is 1. The quantitative estimate of drug-likeness (QED) is 0.769. The molecule has 0 saturated carbocycles. The van der Waals surface area contributed by atoms with E-state index in [4.69, 9.17) is 5.11 Å². The van der Waals surface area contributed by atoms with Crippen molar-refractivity contribution in [2.75, 3.05) is 0 Å². The molecule has 1 aromatic carbocycles. The molecule has 0 bridgehead atoms. The average Bonchev–Trinajstić information content (AvgIpc) is 2.24. The van der Waals surface area contributed by atoms with Crippen LogP contribution in [0.25, 0.3) is 6.08 Å². The number of carbonyl (C=O) groups is 1. The summed E-state index contributed by atoms with van der Waals surface area (Å²) < 4.78 is 0. The monoisotopic (exact) mass is 218 g/mol. The molecule has 0 atom stereocenters. The van der Waals surface area contributed by atoms with Gasteiger partial charge in [0.15, 0.2) is 0 Å². The van der Waals surface area contributed by atoms with E-state index in [2.05, 4.69) is 19.9 Å². The first-order chi connectivity index (χ1) is 7.58. The molecule has 0 radical (unpaired) electrons. The van der Waals surface area contributed by atoms with Crippen molar-refractivity contribution in [3.63, 3.8) is 0 Å². The molecular weight excluding hydrogens is 200 g/mol. The van der Waals surface area contributed by atoms with E-state index in [9.17, 15) is 4.79 Å². The molecule has 0 aromatic heterocycles. The Kier molecular flexibility index (Phi) is 4.77. The summed E-state index contributed by atoms with van der Waals surface area (Å²) in [6, 6.07) is 8.01. The zero-order chi connectivity index (χ0) is 12.0. The normalized spacial score (nSPS) is 11.2. The van der Waals surface area contributed by atoms with Crippen LogP contribution in [-0.2, 0) is 11.2 Å². The highest BCUT2D eigenvalue weighted by Crippen LogP contribution is 2.12. The molecule has 0 fully saturated rings. The number of hydrogen-bond acceptors (Lipinski definition) is 1. The predicted octanol–water partition coefficient (Wildman–Crippen LogP) is 3.37. The molecule has 0 aliphatic rings. The molecule has 1 rings (SSSR count). The molecule has 1 N–H and O–H groups in total. The zero-order valence-corrected chi connectivity index (χ0v) is 9.81. The molecule has 2 nitrogen and oxygen atoms in total. The topological polar surface area (TPSA) is 37.3 Å². The molecular formula is C14H18O2. The van der Waals surface area contributed by atoms with E-state index in [1.165, 1.54) is 11.6 Å². The highest BCUT2D eigenvalue weighted by Gasteiger charge is 1.97. The van der Waals surface area contributed by atoms with E-state index in [-0.39, 0.29) is 0 Å². The molecule has 0 spiro atoms. The Hall–Kier alpha value is -1.57. The molecule has 0 amide bonds. The van der Waals surface area contributed by atoms with Crippen molar-refractivity contribution in [3.05, 3.63) is 41.5 Å². The fourth-order valence-electron chi connectivity index (χ4n) is 1.48. The van der Waals surface area contributed by atoms with Gasteiger partial charge in [0.05, 0.1) is 0 Å². The third kappa shape index (κ3) is 4.78. The van der Waals surface area contributed by atoms with Gasteiger partial charge in [-0.1, -0.05) is 38.1 Å². The maximum Gasteiger partial charge on any atom is 0.328 e.